The third-order valence-electron chi connectivity index (χ3n) is 17.6. The van der Waals surface area contributed by atoms with E-state index in [0.29, 0.717) is 0 Å². The SMILES string of the molecule is c1ccc2c(c1)-c1ccccc1C21c2cccc3c2B2c4c1ccc1c4[N+]4(c5c(ccc6c5B5c7c(cccc7C67c6ccccc6-c6ccccc67)-c6ncc[n+]4c65)O1)[n+]1ccnc-3c12. The molecule has 3 spiro atoms. The minimum absolute atomic E-state index is 0.0548. The maximum atomic E-state index is 7.55. The molecular formula is C58H30B2N5O+3. The van der Waals surface area contributed by atoms with Crippen LogP contribution in [0.15, 0.2) is 183 Å². The van der Waals surface area contributed by atoms with Crippen molar-refractivity contribution in [3.05, 3.63) is 227 Å². The second-order valence-electron chi connectivity index (χ2n) is 19.5. The highest BCUT2D eigenvalue weighted by molar-refractivity contribution is 7.01. The molecule has 66 heavy (non-hydrogen) atoms. The predicted molar refractivity (Wildman–Crippen MR) is 256 cm³/mol. The van der Waals surface area contributed by atoms with Crippen molar-refractivity contribution < 1.29 is 14.1 Å². The summed E-state index contributed by atoms with van der Waals surface area (Å²) in [6.45, 7) is -0.110. The van der Waals surface area contributed by atoms with E-state index in [1.165, 1.54) is 111 Å². The molecule has 19 rings (SSSR count). The van der Waals surface area contributed by atoms with Gasteiger partial charge in [0.2, 0.25) is 22.7 Å². The zero-order valence-corrected chi connectivity index (χ0v) is 35.1. The number of hydrogen-bond donors (Lipinski definition) is 0. The molecule has 2 aliphatic carbocycles. The first-order valence-electron chi connectivity index (χ1n) is 23.2. The lowest BCUT2D eigenvalue weighted by molar-refractivity contribution is -1.03. The van der Waals surface area contributed by atoms with E-state index in [1.54, 1.807) is 0 Å². The van der Waals surface area contributed by atoms with Crippen molar-refractivity contribution in [1.29, 1.82) is 0 Å². The normalized spacial score (nSPS) is 17.2. The fourth-order valence-electron chi connectivity index (χ4n) is 15.9. The molecule has 9 aliphatic rings. The number of benzene rings is 8. The van der Waals surface area contributed by atoms with Crippen molar-refractivity contribution in [3.63, 3.8) is 0 Å². The Bertz CT molecular complexity index is 3800. The van der Waals surface area contributed by atoms with Gasteiger partial charge in [0, 0.05) is 31.4 Å². The minimum Gasteiger partial charge on any atom is -0.444 e. The molecule has 6 nitrogen and oxygen atoms in total. The van der Waals surface area contributed by atoms with E-state index in [0.717, 1.165) is 34.3 Å². The molecular weight excluding hydrogens is 804 g/mol. The number of aromatic nitrogens is 4. The Morgan fingerprint density at radius 2 is 0.742 bits per heavy atom. The van der Waals surface area contributed by atoms with Crippen molar-refractivity contribution in [3.8, 4) is 56.3 Å². The first-order chi connectivity index (χ1) is 32.8. The van der Waals surface area contributed by atoms with Crippen LogP contribution >= 0.6 is 0 Å². The first kappa shape index (κ1) is 32.5. The van der Waals surface area contributed by atoms with Gasteiger partial charge in [-0.2, -0.15) is 0 Å². The number of rotatable bonds is 0. The molecule has 0 saturated heterocycles. The van der Waals surface area contributed by atoms with Crippen molar-refractivity contribution in [2.45, 2.75) is 10.8 Å². The molecule has 0 atom stereocenters. The molecule has 0 N–H and O–H groups in total. The maximum Gasteiger partial charge on any atom is 0.345 e. The Labute approximate surface area is 379 Å². The summed E-state index contributed by atoms with van der Waals surface area (Å²) in [5, 5.41) is 0. The van der Waals surface area contributed by atoms with Crippen LogP contribution in [0.5, 0.6) is 11.5 Å². The summed E-state index contributed by atoms with van der Waals surface area (Å²) in [5.41, 5.74) is 29.4. The Kier molecular flexibility index (Phi) is 4.93. The van der Waals surface area contributed by atoms with Gasteiger partial charge in [-0.15, -0.1) is 0 Å². The molecule has 0 radical (unpaired) electrons. The number of nitrogens with zero attached hydrogens (tertiary/aromatic N) is 5. The van der Waals surface area contributed by atoms with Crippen molar-refractivity contribution in [2.75, 3.05) is 0 Å². The van der Waals surface area contributed by atoms with Gasteiger partial charge < -0.3 is 4.74 Å². The van der Waals surface area contributed by atoms with Gasteiger partial charge in [0.25, 0.3) is 23.8 Å². The summed E-state index contributed by atoms with van der Waals surface area (Å²) >= 11 is 0. The third-order valence-corrected chi connectivity index (χ3v) is 17.6. The van der Waals surface area contributed by atoms with Gasteiger partial charge in [0.15, 0.2) is 4.70 Å². The lowest BCUT2D eigenvalue weighted by Gasteiger charge is -2.46. The molecule has 0 fully saturated rings. The second-order valence-corrected chi connectivity index (χ2v) is 19.5. The lowest BCUT2D eigenvalue weighted by Crippen LogP contribution is -2.99. The molecule has 8 heteroatoms. The zero-order valence-electron chi connectivity index (χ0n) is 35.1. The van der Waals surface area contributed by atoms with E-state index in [4.69, 9.17) is 14.7 Å². The third kappa shape index (κ3) is 2.87. The van der Waals surface area contributed by atoms with E-state index < -0.39 is 10.8 Å². The van der Waals surface area contributed by atoms with Gasteiger partial charge >= 0.3 is 13.4 Å². The molecule has 10 aromatic rings. The van der Waals surface area contributed by atoms with Crippen molar-refractivity contribution >= 4 is 57.8 Å². The van der Waals surface area contributed by atoms with Gasteiger partial charge in [-0.25, -0.2) is 9.97 Å². The summed E-state index contributed by atoms with van der Waals surface area (Å²) in [7, 11) is 0. The lowest BCUT2D eigenvalue weighted by atomic mass is 9.31. The Hall–Kier alpha value is -8.19. The Morgan fingerprint density at radius 1 is 0.379 bits per heavy atom. The van der Waals surface area contributed by atoms with Crippen LogP contribution < -0.4 is 51.8 Å². The molecule has 0 amide bonds. The number of quaternary nitrogens is 1. The zero-order chi connectivity index (χ0) is 42.2. The van der Waals surface area contributed by atoms with Crippen LogP contribution in [-0.4, -0.2) is 23.4 Å². The van der Waals surface area contributed by atoms with Gasteiger partial charge in [0.05, 0.1) is 23.2 Å². The minimum atomic E-state index is -0.570. The predicted octanol–water partition coefficient (Wildman–Crippen LogP) is 5.70. The van der Waals surface area contributed by atoms with Crippen LogP contribution in [0, 0.1) is 0 Å². The molecule has 2 aromatic heterocycles. The summed E-state index contributed by atoms with van der Waals surface area (Å²) in [6, 6.07) is 60.1. The topological polar surface area (TPSA) is 42.8 Å². The first-order valence-corrected chi connectivity index (χ1v) is 23.2. The van der Waals surface area contributed by atoms with E-state index in [1.807, 2.05) is 12.4 Å². The van der Waals surface area contributed by atoms with Gasteiger partial charge in [-0.05, 0) is 89.8 Å². The maximum absolute atomic E-state index is 7.55. The summed E-state index contributed by atoms with van der Waals surface area (Å²) < 4.78 is 13.0. The van der Waals surface area contributed by atoms with E-state index >= 15 is 0 Å². The van der Waals surface area contributed by atoms with E-state index in [-0.39, 0.29) is 18.1 Å². The molecule has 8 aromatic carbocycles. The van der Waals surface area contributed by atoms with Crippen LogP contribution in [0.1, 0.15) is 44.5 Å². The smallest absolute Gasteiger partial charge is 0.345 e. The van der Waals surface area contributed by atoms with Crippen LogP contribution in [0.25, 0.3) is 44.8 Å². The van der Waals surface area contributed by atoms with Crippen LogP contribution in [0.3, 0.4) is 0 Å². The summed E-state index contributed by atoms with van der Waals surface area (Å²) in [4.78, 5) is 10.8. The highest BCUT2D eigenvalue weighted by atomic mass is 16.5. The van der Waals surface area contributed by atoms with Crippen LogP contribution in [0.4, 0.5) is 11.4 Å². The fourth-order valence-corrected chi connectivity index (χ4v) is 15.9. The number of ether oxygens (including phenoxy) is 1. The largest absolute Gasteiger partial charge is 0.444 e. The molecule has 0 bridgehead atoms. The van der Waals surface area contributed by atoms with Crippen LogP contribution in [0.2, 0.25) is 0 Å². The monoisotopic (exact) mass is 834 g/mol. The fraction of sp³-hybridized carbons (Fsp3) is 0.0345. The summed E-state index contributed by atoms with van der Waals surface area (Å²) in [5.74, 6) is 1.77. The number of hydrogen-bond acceptors (Lipinski definition) is 3. The number of fused-ring (bicyclic) bond motifs is 16. The standard InChI is InChI=1S/C58H30B2N5O/c1-5-17-37-31(11-1)32-12-2-6-18-38(32)57(37)41-21-9-15-35-47(41)59-49-43(57)23-25-45-53(49)65(63-29-27-61-51(35)55(59)63)54-46(66-45)26-24-44-50(54)60-48-36(52-56(60)64(65)30-28-62-52)16-10-22-42(48)58(44)39-19-7-3-13-33(39)34-14-4-8-20-40(34)58/h1-30H/q+3. The average Bonchev–Trinajstić information content (AvgIpc) is 4.09. The highest BCUT2D eigenvalue weighted by Gasteiger charge is 2.78. The van der Waals surface area contributed by atoms with Crippen molar-refractivity contribution in [1.82, 2.24) is 14.7 Å². The van der Waals surface area contributed by atoms with Gasteiger partial charge in [-0.1, -0.05) is 146 Å². The molecule has 0 saturated carbocycles. The summed E-state index contributed by atoms with van der Waals surface area (Å²) in [6.07, 6.45) is 8.61. The van der Waals surface area contributed by atoms with Gasteiger partial charge in [0.1, 0.15) is 11.4 Å². The Balaban J connectivity index is 1.05. The molecule has 7 aliphatic heterocycles. The van der Waals surface area contributed by atoms with Crippen molar-refractivity contribution in [2.24, 2.45) is 0 Å². The van der Waals surface area contributed by atoms with E-state index in [9.17, 15) is 0 Å². The second kappa shape index (κ2) is 10.0. The van der Waals surface area contributed by atoms with Gasteiger partial charge in [-0.3, -0.25) is 0 Å². The van der Waals surface area contributed by atoms with Crippen LogP contribution in [-0.2, 0) is 10.8 Å². The molecule has 0 unspecified atom stereocenters. The Morgan fingerprint density at radius 3 is 1.17 bits per heavy atom. The van der Waals surface area contributed by atoms with E-state index in [2.05, 4.69) is 179 Å². The molecule has 9 heterocycles. The quantitative estimate of drug-likeness (QED) is 0.112. The average molecular weight is 835 g/mol. The highest BCUT2D eigenvalue weighted by Crippen LogP contribution is 2.63. The molecule has 296 valence electrons.